The largest absolute Gasteiger partial charge is 0.462 e. The van der Waals surface area contributed by atoms with Crippen molar-refractivity contribution in [2.75, 3.05) is 0 Å². The average molecular weight is 623 g/mol. The lowest BCUT2D eigenvalue weighted by molar-refractivity contribution is -0.151. The van der Waals surface area contributed by atoms with E-state index in [9.17, 15) is 4.79 Å². The van der Waals surface area contributed by atoms with E-state index in [-0.39, 0.29) is 12.1 Å². The van der Waals surface area contributed by atoms with Gasteiger partial charge in [-0.1, -0.05) is 123 Å². The highest BCUT2D eigenvalue weighted by Gasteiger charge is 2.59. The number of unbranched alkanes of at least 4 members (excludes halogenated alkanes) is 9. The lowest BCUT2D eigenvalue weighted by atomic mass is 9.47. The molecular formula is C43H74O2. The lowest BCUT2D eigenvalue weighted by Gasteiger charge is -2.58. The van der Waals surface area contributed by atoms with Crippen LogP contribution < -0.4 is 0 Å². The Bertz CT molecular complexity index is 945. The van der Waals surface area contributed by atoms with Gasteiger partial charge in [-0.2, -0.15) is 0 Å². The molecule has 0 saturated heterocycles. The molecule has 3 fully saturated rings. The Morgan fingerprint density at radius 3 is 2.29 bits per heavy atom. The van der Waals surface area contributed by atoms with E-state index < -0.39 is 0 Å². The van der Waals surface area contributed by atoms with E-state index in [1.165, 1.54) is 116 Å². The summed E-state index contributed by atoms with van der Waals surface area (Å²) < 4.78 is 6.11. The van der Waals surface area contributed by atoms with Crippen molar-refractivity contribution < 1.29 is 9.53 Å². The predicted molar refractivity (Wildman–Crippen MR) is 193 cm³/mol. The molecule has 0 heterocycles. The summed E-state index contributed by atoms with van der Waals surface area (Å²) in [5.41, 5.74) is 2.53. The highest BCUT2D eigenvalue weighted by Crippen LogP contribution is 2.67. The minimum Gasteiger partial charge on any atom is -0.462 e. The van der Waals surface area contributed by atoms with Crippen LogP contribution in [-0.2, 0) is 9.53 Å². The Morgan fingerprint density at radius 1 is 0.844 bits per heavy atom. The van der Waals surface area contributed by atoms with Crippen molar-refractivity contribution in [1.82, 2.24) is 0 Å². The quantitative estimate of drug-likeness (QED) is 0.0814. The molecule has 0 aromatic rings. The van der Waals surface area contributed by atoms with E-state index >= 15 is 0 Å². The molecule has 2 heteroatoms. The van der Waals surface area contributed by atoms with Gasteiger partial charge in [0.2, 0.25) is 0 Å². The summed E-state index contributed by atoms with van der Waals surface area (Å²) in [5, 5.41) is 0. The first kappa shape index (κ1) is 36.8. The molecule has 4 aliphatic carbocycles. The van der Waals surface area contributed by atoms with Gasteiger partial charge in [0, 0.05) is 12.8 Å². The van der Waals surface area contributed by atoms with Crippen LogP contribution in [0.25, 0.3) is 0 Å². The lowest BCUT2D eigenvalue weighted by Crippen LogP contribution is -2.51. The van der Waals surface area contributed by atoms with Gasteiger partial charge in [-0.05, 0) is 123 Å². The molecule has 45 heavy (non-hydrogen) atoms. The summed E-state index contributed by atoms with van der Waals surface area (Å²) in [5.74, 6) is 5.32. The normalized spacial score (nSPS) is 33.5. The molecule has 0 spiro atoms. The summed E-state index contributed by atoms with van der Waals surface area (Å²) >= 11 is 0. The molecule has 0 aliphatic heterocycles. The molecule has 8 atom stereocenters. The second-order valence-corrected chi connectivity index (χ2v) is 17.3. The van der Waals surface area contributed by atoms with Crippen LogP contribution in [0.1, 0.15) is 189 Å². The Morgan fingerprint density at radius 2 is 1.56 bits per heavy atom. The van der Waals surface area contributed by atoms with E-state index in [0.717, 1.165) is 61.2 Å². The number of allylic oxidation sites excluding steroid dienone is 3. The summed E-state index contributed by atoms with van der Waals surface area (Å²) in [4.78, 5) is 12.8. The first-order valence-electron chi connectivity index (χ1n) is 20.2. The SMILES string of the molecule is CCCCCC/C=C/CCCCCCCC(=O)O[C@H]1CC[C@@]2(C)C(=CC[C@@H]3[C@H]4CC[C@@H]([C@@H](C)CCCC(C)C)[C@]4(C)CC[C@H]32)C1. The molecule has 0 bridgehead atoms. The number of carbonyl (C=O) groups excluding carboxylic acids is 1. The third kappa shape index (κ3) is 9.75. The van der Waals surface area contributed by atoms with Crippen LogP contribution in [0.15, 0.2) is 23.8 Å². The molecule has 0 amide bonds. The topological polar surface area (TPSA) is 26.3 Å². The standard InChI is InChI=1S/C43H74O2/c1-7-8-9-10-11-12-13-14-15-16-17-18-19-23-41(44)45-36-28-30-42(5)35(32-36)24-25-37-39-27-26-38(34(4)22-20-21-33(2)3)43(39,6)31-29-40(37)42/h12-13,24,33-34,36-40H,7-11,14-23,25-32H2,1-6H3/b13-12+/t34-,36-,37+,38-,39+,40+,42-,43-/m0/s1. The first-order valence-corrected chi connectivity index (χ1v) is 20.2. The minimum atomic E-state index is 0.0526. The molecule has 0 N–H and O–H groups in total. The molecule has 3 saturated carbocycles. The van der Waals surface area contributed by atoms with Gasteiger partial charge < -0.3 is 4.74 Å². The van der Waals surface area contributed by atoms with Crippen molar-refractivity contribution in [3.05, 3.63) is 23.8 Å². The maximum atomic E-state index is 12.8. The number of hydrogen-bond donors (Lipinski definition) is 0. The highest BCUT2D eigenvalue weighted by molar-refractivity contribution is 5.69. The van der Waals surface area contributed by atoms with Crippen molar-refractivity contribution >= 4 is 5.97 Å². The van der Waals surface area contributed by atoms with E-state index in [4.69, 9.17) is 4.74 Å². The van der Waals surface area contributed by atoms with Crippen LogP contribution in [0.2, 0.25) is 0 Å². The van der Waals surface area contributed by atoms with E-state index in [1.807, 2.05) is 0 Å². The van der Waals surface area contributed by atoms with E-state index in [1.54, 1.807) is 5.57 Å². The maximum absolute atomic E-state index is 12.8. The Labute approximate surface area is 280 Å². The number of fused-ring (bicyclic) bond motifs is 5. The third-order valence-electron chi connectivity index (χ3n) is 13.7. The van der Waals surface area contributed by atoms with Gasteiger partial charge in [-0.15, -0.1) is 0 Å². The molecule has 4 rings (SSSR count). The fourth-order valence-electron chi connectivity index (χ4n) is 11.0. The van der Waals surface area contributed by atoms with Crippen LogP contribution in [0, 0.1) is 46.3 Å². The first-order chi connectivity index (χ1) is 21.7. The highest BCUT2D eigenvalue weighted by atomic mass is 16.5. The number of rotatable bonds is 19. The van der Waals surface area contributed by atoms with Gasteiger partial charge in [-0.25, -0.2) is 0 Å². The molecule has 0 radical (unpaired) electrons. The smallest absolute Gasteiger partial charge is 0.306 e. The second-order valence-electron chi connectivity index (χ2n) is 17.3. The molecule has 0 unspecified atom stereocenters. The van der Waals surface area contributed by atoms with Crippen molar-refractivity contribution in [3.8, 4) is 0 Å². The summed E-state index contributed by atoms with van der Waals surface area (Å²) in [7, 11) is 0. The Hall–Kier alpha value is -1.05. The third-order valence-corrected chi connectivity index (χ3v) is 13.7. The fourth-order valence-corrected chi connectivity index (χ4v) is 11.0. The average Bonchev–Trinajstić information content (AvgIpc) is 3.37. The van der Waals surface area contributed by atoms with Gasteiger partial charge in [-0.3, -0.25) is 4.79 Å². The fraction of sp³-hybridized carbons (Fsp3) is 0.884. The van der Waals surface area contributed by atoms with Crippen molar-refractivity contribution in [3.63, 3.8) is 0 Å². The molecule has 0 aromatic heterocycles. The molecular weight excluding hydrogens is 548 g/mol. The van der Waals surface area contributed by atoms with Gasteiger partial charge in [0.15, 0.2) is 0 Å². The van der Waals surface area contributed by atoms with Crippen LogP contribution in [0.3, 0.4) is 0 Å². The zero-order valence-electron chi connectivity index (χ0n) is 30.9. The molecule has 4 aliphatic rings. The number of esters is 1. The second kappa shape index (κ2) is 17.9. The van der Waals surface area contributed by atoms with Crippen molar-refractivity contribution in [1.29, 1.82) is 0 Å². The predicted octanol–water partition coefficient (Wildman–Crippen LogP) is 13.2. The number of ether oxygens (including phenoxy) is 1. The number of carbonyl (C=O) groups is 1. The summed E-state index contributed by atoms with van der Waals surface area (Å²) in [6.45, 7) is 14.9. The van der Waals surface area contributed by atoms with Crippen LogP contribution in [0.5, 0.6) is 0 Å². The number of hydrogen-bond acceptors (Lipinski definition) is 2. The molecule has 2 nitrogen and oxygen atoms in total. The maximum Gasteiger partial charge on any atom is 0.306 e. The van der Waals surface area contributed by atoms with Crippen molar-refractivity contribution in [2.24, 2.45) is 46.3 Å². The van der Waals surface area contributed by atoms with E-state index in [0.29, 0.717) is 17.3 Å². The summed E-state index contributed by atoms with van der Waals surface area (Å²) in [6.07, 6.45) is 36.5. The zero-order chi connectivity index (χ0) is 32.3. The van der Waals surface area contributed by atoms with Crippen molar-refractivity contribution in [2.45, 2.75) is 195 Å². The van der Waals surface area contributed by atoms with Gasteiger partial charge in [0.05, 0.1) is 0 Å². The van der Waals surface area contributed by atoms with Crippen LogP contribution >= 0.6 is 0 Å². The minimum absolute atomic E-state index is 0.0526. The van der Waals surface area contributed by atoms with Crippen LogP contribution in [0.4, 0.5) is 0 Å². The summed E-state index contributed by atoms with van der Waals surface area (Å²) in [6, 6.07) is 0. The monoisotopic (exact) mass is 623 g/mol. The van der Waals surface area contributed by atoms with Gasteiger partial charge >= 0.3 is 5.97 Å². The van der Waals surface area contributed by atoms with Crippen LogP contribution in [-0.4, -0.2) is 12.1 Å². The van der Waals surface area contributed by atoms with E-state index in [2.05, 4.69) is 59.8 Å². The Kier molecular flexibility index (Phi) is 14.6. The van der Waals surface area contributed by atoms with Gasteiger partial charge in [0.25, 0.3) is 0 Å². The molecule has 0 aromatic carbocycles. The Balaban J connectivity index is 1.16. The van der Waals surface area contributed by atoms with Gasteiger partial charge in [0.1, 0.15) is 6.10 Å². The zero-order valence-corrected chi connectivity index (χ0v) is 30.9. The molecule has 258 valence electrons.